The summed E-state index contributed by atoms with van der Waals surface area (Å²) in [5.41, 5.74) is 1.78. The normalized spacial score (nSPS) is 10.1. The van der Waals surface area contributed by atoms with Gasteiger partial charge >= 0.3 is 0 Å². The van der Waals surface area contributed by atoms with Crippen LogP contribution >= 0.6 is 0 Å². The highest BCUT2D eigenvalue weighted by Crippen LogP contribution is 2.17. The first-order chi connectivity index (χ1) is 7.68. The van der Waals surface area contributed by atoms with E-state index in [1.54, 1.807) is 19.1 Å². The van der Waals surface area contributed by atoms with Gasteiger partial charge in [-0.05, 0) is 26.0 Å². The topological polar surface area (TPSA) is 80.9 Å². The monoisotopic (exact) mass is 218 g/mol. The Balaban J connectivity index is 2.17. The summed E-state index contributed by atoms with van der Waals surface area (Å²) in [6, 6.07) is 3.21. The van der Waals surface area contributed by atoms with Gasteiger partial charge in [-0.2, -0.15) is 5.10 Å². The molecule has 2 rings (SSSR count). The molecule has 6 nitrogen and oxygen atoms in total. The van der Waals surface area contributed by atoms with Crippen LogP contribution in [0, 0.1) is 13.8 Å². The molecule has 0 aromatic carbocycles. The van der Waals surface area contributed by atoms with Crippen molar-refractivity contribution in [1.82, 2.24) is 15.4 Å². The molecule has 0 saturated heterocycles. The molecule has 1 N–H and O–H groups in total. The molecule has 6 heteroatoms. The Morgan fingerprint density at radius 1 is 1.44 bits per heavy atom. The fraction of sp³-hybridized carbons (Fsp3) is 0.200. The molecule has 0 bridgehead atoms. The maximum Gasteiger partial charge on any atom is 0.278 e. The number of nitrogens with zero attached hydrogens (tertiary/aromatic N) is 3. The number of nitrogens with one attached hydrogen (secondary N) is 1. The SMILES string of the molecule is Cc1noc(NC(=O)c2cccnn2)c1C. The van der Waals surface area contributed by atoms with Gasteiger partial charge in [0.2, 0.25) is 5.88 Å². The van der Waals surface area contributed by atoms with Crippen molar-refractivity contribution in [2.24, 2.45) is 0 Å². The molecule has 2 aromatic heterocycles. The van der Waals surface area contributed by atoms with Crippen LogP contribution in [0.3, 0.4) is 0 Å². The molecule has 0 aliphatic carbocycles. The molecule has 82 valence electrons. The average molecular weight is 218 g/mol. The zero-order valence-corrected chi connectivity index (χ0v) is 8.89. The van der Waals surface area contributed by atoms with Crippen molar-refractivity contribution >= 4 is 11.8 Å². The summed E-state index contributed by atoms with van der Waals surface area (Å²) >= 11 is 0. The van der Waals surface area contributed by atoms with E-state index < -0.39 is 0 Å². The molecule has 0 fully saturated rings. The van der Waals surface area contributed by atoms with Crippen molar-refractivity contribution < 1.29 is 9.32 Å². The Bertz CT molecular complexity index is 507. The van der Waals surface area contributed by atoms with Crippen LogP contribution < -0.4 is 5.32 Å². The van der Waals surface area contributed by atoms with E-state index in [0.29, 0.717) is 5.88 Å². The van der Waals surface area contributed by atoms with E-state index in [1.165, 1.54) is 6.20 Å². The van der Waals surface area contributed by atoms with Gasteiger partial charge < -0.3 is 4.52 Å². The van der Waals surface area contributed by atoms with Gasteiger partial charge in [0, 0.05) is 11.8 Å². The lowest BCUT2D eigenvalue weighted by Gasteiger charge is -1.99. The van der Waals surface area contributed by atoms with E-state index in [2.05, 4.69) is 20.7 Å². The summed E-state index contributed by atoms with van der Waals surface area (Å²) < 4.78 is 4.96. The lowest BCUT2D eigenvalue weighted by atomic mass is 10.3. The second kappa shape index (κ2) is 4.09. The summed E-state index contributed by atoms with van der Waals surface area (Å²) in [5.74, 6) is -0.0273. The van der Waals surface area contributed by atoms with Crippen LogP contribution in [0.25, 0.3) is 0 Å². The molecule has 1 amide bonds. The minimum atomic E-state index is -0.368. The molecule has 0 unspecified atom stereocenters. The van der Waals surface area contributed by atoms with Crippen molar-refractivity contribution in [2.75, 3.05) is 5.32 Å². The Morgan fingerprint density at radius 3 is 2.81 bits per heavy atom. The predicted octanol–water partition coefficient (Wildman–Crippen LogP) is 1.33. The number of amides is 1. The fourth-order valence-corrected chi connectivity index (χ4v) is 1.12. The van der Waals surface area contributed by atoms with E-state index in [9.17, 15) is 4.79 Å². The molecule has 0 aliphatic rings. The second-order valence-electron chi connectivity index (χ2n) is 3.29. The first-order valence-corrected chi connectivity index (χ1v) is 4.70. The predicted molar refractivity (Wildman–Crippen MR) is 56.0 cm³/mol. The summed E-state index contributed by atoms with van der Waals surface area (Å²) in [4.78, 5) is 11.7. The van der Waals surface area contributed by atoms with Crippen LogP contribution in [0.2, 0.25) is 0 Å². The number of carbonyl (C=O) groups excluding carboxylic acids is 1. The lowest BCUT2D eigenvalue weighted by molar-refractivity contribution is 0.101. The maximum atomic E-state index is 11.7. The van der Waals surface area contributed by atoms with Crippen LogP contribution in [0.15, 0.2) is 22.9 Å². The van der Waals surface area contributed by atoms with Gasteiger partial charge in [0.15, 0.2) is 5.69 Å². The highest BCUT2D eigenvalue weighted by Gasteiger charge is 2.13. The smallest absolute Gasteiger partial charge is 0.278 e. The highest BCUT2D eigenvalue weighted by molar-refractivity contribution is 6.02. The third kappa shape index (κ3) is 1.90. The van der Waals surface area contributed by atoms with Crippen LogP contribution in [-0.4, -0.2) is 21.3 Å². The van der Waals surface area contributed by atoms with Gasteiger partial charge in [0.05, 0.1) is 5.69 Å². The summed E-state index contributed by atoms with van der Waals surface area (Å²) in [6.45, 7) is 3.62. The van der Waals surface area contributed by atoms with E-state index in [0.717, 1.165) is 11.3 Å². The summed E-state index contributed by atoms with van der Waals surface area (Å²) in [7, 11) is 0. The average Bonchev–Trinajstić information content (AvgIpc) is 2.62. The Kier molecular flexibility index (Phi) is 2.63. The van der Waals surface area contributed by atoms with Crippen LogP contribution in [0.4, 0.5) is 5.88 Å². The lowest BCUT2D eigenvalue weighted by Crippen LogP contribution is -2.14. The number of anilines is 1. The van der Waals surface area contributed by atoms with Crippen molar-refractivity contribution in [1.29, 1.82) is 0 Å². The molecule has 0 aliphatic heterocycles. The molecular formula is C10H10N4O2. The summed E-state index contributed by atoms with van der Waals surface area (Å²) in [6.07, 6.45) is 1.50. The molecule has 0 spiro atoms. The van der Waals surface area contributed by atoms with Crippen molar-refractivity contribution in [2.45, 2.75) is 13.8 Å². The zero-order chi connectivity index (χ0) is 11.5. The molecule has 0 saturated carbocycles. The Hall–Kier alpha value is -2.24. The third-order valence-electron chi connectivity index (χ3n) is 2.19. The minimum Gasteiger partial charge on any atom is -0.338 e. The molecule has 2 aromatic rings. The van der Waals surface area contributed by atoms with Crippen LogP contribution in [0.5, 0.6) is 0 Å². The summed E-state index contributed by atoms with van der Waals surface area (Å²) in [5, 5.41) is 13.6. The van der Waals surface area contributed by atoms with E-state index in [-0.39, 0.29) is 11.6 Å². The maximum absolute atomic E-state index is 11.7. The fourth-order valence-electron chi connectivity index (χ4n) is 1.12. The van der Waals surface area contributed by atoms with Crippen LogP contribution in [0.1, 0.15) is 21.7 Å². The molecule has 16 heavy (non-hydrogen) atoms. The Morgan fingerprint density at radius 2 is 2.25 bits per heavy atom. The molecular weight excluding hydrogens is 208 g/mol. The van der Waals surface area contributed by atoms with E-state index in [4.69, 9.17) is 4.52 Å². The Labute approximate surface area is 91.7 Å². The number of carbonyl (C=O) groups is 1. The van der Waals surface area contributed by atoms with Gasteiger partial charge in [0.25, 0.3) is 5.91 Å². The van der Waals surface area contributed by atoms with Crippen molar-refractivity contribution in [3.05, 3.63) is 35.3 Å². The van der Waals surface area contributed by atoms with Gasteiger partial charge in [-0.3, -0.25) is 10.1 Å². The largest absolute Gasteiger partial charge is 0.338 e. The molecule has 0 radical (unpaired) electrons. The van der Waals surface area contributed by atoms with E-state index in [1.807, 2.05) is 6.92 Å². The first kappa shape index (κ1) is 10.3. The van der Waals surface area contributed by atoms with Crippen LogP contribution in [-0.2, 0) is 0 Å². The van der Waals surface area contributed by atoms with Gasteiger partial charge in [-0.1, -0.05) is 5.16 Å². The number of hydrogen-bond acceptors (Lipinski definition) is 5. The van der Waals surface area contributed by atoms with Gasteiger partial charge in [-0.25, -0.2) is 0 Å². The number of rotatable bonds is 2. The molecule has 0 atom stereocenters. The number of hydrogen-bond donors (Lipinski definition) is 1. The minimum absolute atomic E-state index is 0.232. The standard InChI is InChI=1S/C10H10N4O2/c1-6-7(2)14-16-10(6)12-9(15)8-4-3-5-11-13-8/h3-5H,1-2H3,(H,12,15). The van der Waals surface area contributed by atoms with Gasteiger partial charge in [-0.15, -0.1) is 5.10 Å². The highest BCUT2D eigenvalue weighted by atomic mass is 16.5. The van der Waals surface area contributed by atoms with Crippen molar-refractivity contribution in [3.63, 3.8) is 0 Å². The molecule has 2 heterocycles. The van der Waals surface area contributed by atoms with E-state index >= 15 is 0 Å². The van der Waals surface area contributed by atoms with Gasteiger partial charge in [0.1, 0.15) is 0 Å². The zero-order valence-electron chi connectivity index (χ0n) is 8.89. The third-order valence-corrected chi connectivity index (χ3v) is 2.19. The van der Waals surface area contributed by atoms with Crippen molar-refractivity contribution in [3.8, 4) is 0 Å². The number of aromatic nitrogens is 3. The number of aryl methyl sites for hydroxylation is 1. The quantitative estimate of drug-likeness (QED) is 0.822. The second-order valence-corrected chi connectivity index (χ2v) is 3.29. The first-order valence-electron chi connectivity index (χ1n) is 4.70.